The summed E-state index contributed by atoms with van der Waals surface area (Å²) in [5.41, 5.74) is 0.863. The molecule has 24 heavy (non-hydrogen) atoms. The van der Waals surface area contributed by atoms with Crippen molar-refractivity contribution in [1.29, 1.82) is 0 Å². The topological polar surface area (TPSA) is 84.2 Å². The third-order valence-corrected chi connectivity index (χ3v) is 3.41. The van der Waals surface area contributed by atoms with Crippen molar-refractivity contribution < 1.29 is 33.0 Å². The van der Waals surface area contributed by atoms with Crippen LogP contribution < -0.4 is 4.74 Å². The number of hydrogen-bond donors (Lipinski definition) is 0. The average molecular weight is 336 g/mol. The van der Waals surface area contributed by atoms with E-state index in [9.17, 15) is 9.59 Å². The van der Waals surface area contributed by atoms with Gasteiger partial charge in [0.25, 0.3) is 0 Å². The standard InChI is InChI=1S/C17H20O7/c1-10-15(17(19)22-8-7-20-3)13-9-12(5-6-14(13)24-10)23-11(2)16(18)21-4/h5-6,9,11H,7-8H2,1-4H3. The second kappa shape index (κ2) is 7.83. The van der Waals surface area contributed by atoms with Crippen LogP contribution >= 0.6 is 0 Å². The fourth-order valence-corrected chi connectivity index (χ4v) is 2.23. The van der Waals surface area contributed by atoms with Crippen LogP contribution in [0, 0.1) is 6.92 Å². The average Bonchev–Trinajstić information content (AvgIpc) is 2.89. The Kier molecular flexibility index (Phi) is 5.81. The van der Waals surface area contributed by atoms with Crippen LogP contribution in [-0.2, 0) is 19.0 Å². The molecule has 0 spiro atoms. The molecule has 1 atom stereocenters. The largest absolute Gasteiger partial charge is 0.479 e. The first kappa shape index (κ1) is 17.8. The summed E-state index contributed by atoms with van der Waals surface area (Å²) in [6, 6.07) is 4.97. The SMILES string of the molecule is COCCOC(=O)c1c(C)oc2ccc(OC(C)C(=O)OC)cc12. The Bertz CT molecular complexity index is 732. The van der Waals surface area contributed by atoms with Gasteiger partial charge < -0.3 is 23.4 Å². The van der Waals surface area contributed by atoms with Crippen molar-refractivity contribution in [3.63, 3.8) is 0 Å². The van der Waals surface area contributed by atoms with Gasteiger partial charge in [0.2, 0.25) is 0 Å². The Labute approximate surface area is 139 Å². The van der Waals surface area contributed by atoms with Gasteiger partial charge in [0.1, 0.15) is 29.3 Å². The summed E-state index contributed by atoms with van der Waals surface area (Å²) in [6.45, 7) is 3.73. The molecular weight excluding hydrogens is 316 g/mol. The molecule has 0 aliphatic rings. The van der Waals surface area contributed by atoms with Gasteiger partial charge >= 0.3 is 11.9 Å². The van der Waals surface area contributed by atoms with Gasteiger partial charge in [0.15, 0.2) is 6.10 Å². The summed E-state index contributed by atoms with van der Waals surface area (Å²) >= 11 is 0. The molecule has 130 valence electrons. The van der Waals surface area contributed by atoms with Gasteiger partial charge in [0, 0.05) is 12.5 Å². The van der Waals surface area contributed by atoms with E-state index in [0.29, 0.717) is 34.6 Å². The highest BCUT2D eigenvalue weighted by Crippen LogP contribution is 2.30. The lowest BCUT2D eigenvalue weighted by molar-refractivity contribution is -0.147. The zero-order chi connectivity index (χ0) is 17.7. The number of methoxy groups -OCH3 is 2. The van der Waals surface area contributed by atoms with Gasteiger partial charge in [0.05, 0.1) is 13.7 Å². The van der Waals surface area contributed by atoms with E-state index in [1.54, 1.807) is 32.0 Å². The number of benzene rings is 1. The summed E-state index contributed by atoms with van der Waals surface area (Å²) in [5.74, 6) is -0.114. The number of rotatable bonds is 7. The Morgan fingerprint density at radius 1 is 1.21 bits per heavy atom. The molecule has 2 rings (SSSR count). The fraction of sp³-hybridized carbons (Fsp3) is 0.412. The van der Waals surface area contributed by atoms with Crippen molar-refractivity contribution in [1.82, 2.24) is 0 Å². The first-order valence-corrected chi connectivity index (χ1v) is 7.41. The van der Waals surface area contributed by atoms with Crippen LogP contribution in [0.3, 0.4) is 0 Å². The quantitative estimate of drug-likeness (QED) is 0.567. The molecule has 0 amide bonds. The van der Waals surface area contributed by atoms with Gasteiger partial charge in [-0.1, -0.05) is 0 Å². The second-order valence-electron chi connectivity index (χ2n) is 5.10. The molecule has 1 unspecified atom stereocenters. The molecule has 0 fully saturated rings. The Morgan fingerprint density at radius 3 is 2.62 bits per heavy atom. The number of ether oxygens (including phenoxy) is 4. The van der Waals surface area contributed by atoms with Crippen molar-refractivity contribution >= 4 is 22.9 Å². The van der Waals surface area contributed by atoms with Crippen LogP contribution in [0.1, 0.15) is 23.0 Å². The fourth-order valence-electron chi connectivity index (χ4n) is 2.23. The van der Waals surface area contributed by atoms with E-state index in [0.717, 1.165) is 0 Å². The third-order valence-electron chi connectivity index (χ3n) is 3.41. The minimum absolute atomic E-state index is 0.150. The normalized spacial score (nSPS) is 12.0. The van der Waals surface area contributed by atoms with E-state index >= 15 is 0 Å². The lowest BCUT2D eigenvalue weighted by Crippen LogP contribution is -2.24. The smallest absolute Gasteiger partial charge is 0.346 e. The van der Waals surface area contributed by atoms with Crippen LogP contribution in [0.4, 0.5) is 0 Å². The van der Waals surface area contributed by atoms with Crippen LogP contribution in [-0.4, -0.2) is 45.5 Å². The molecule has 1 heterocycles. The highest BCUT2D eigenvalue weighted by molar-refractivity contribution is 6.04. The van der Waals surface area contributed by atoms with E-state index in [1.165, 1.54) is 14.2 Å². The maximum Gasteiger partial charge on any atom is 0.346 e. The zero-order valence-electron chi connectivity index (χ0n) is 14.1. The number of carbonyl (C=O) groups excluding carboxylic acids is 2. The molecule has 0 radical (unpaired) electrons. The van der Waals surface area contributed by atoms with Gasteiger partial charge in [-0.3, -0.25) is 0 Å². The summed E-state index contributed by atoms with van der Waals surface area (Å²) in [7, 11) is 2.82. The number of fused-ring (bicyclic) bond motifs is 1. The minimum atomic E-state index is -0.766. The minimum Gasteiger partial charge on any atom is -0.479 e. The highest BCUT2D eigenvalue weighted by Gasteiger charge is 2.21. The van der Waals surface area contributed by atoms with Crippen LogP contribution in [0.15, 0.2) is 22.6 Å². The van der Waals surface area contributed by atoms with Crippen molar-refractivity contribution in [2.24, 2.45) is 0 Å². The Hall–Kier alpha value is -2.54. The van der Waals surface area contributed by atoms with Crippen molar-refractivity contribution in [2.45, 2.75) is 20.0 Å². The summed E-state index contributed by atoms with van der Waals surface area (Å²) in [6.07, 6.45) is -0.766. The molecule has 0 saturated carbocycles. The van der Waals surface area contributed by atoms with Gasteiger partial charge in [-0.05, 0) is 32.0 Å². The summed E-state index contributed by atoms with van der Waals surface area (Å²) in [4.78, 5) is 23.7. The predicted molar refractivity (Wildman–Crippen MR) is 85.2 cm³/mol. The van der Waals surface area contributed by atoms with Crippen molar-refractivity contribution in [2.75, 3.05) is 27.4 Å². The van der Waals surface area contributed by atoms with E-state index in [-0.39, 0.29) is 6.61 Å². The number of aryl methyl sites for hydroxylation is 1. The number of furan rings is 1. The van der Waals surface area contributed by atoms with E-state index in [1.807, 2.05) is 0 Å². The lowest BCUT2D eigenvalue weighted by Gasteiger charge is -2.12. The highest BCUT2D eigenvalue weighted by atomic mass is 16.6. The first-order valence-electron chi connectivity index (χ1n) is 7.41. The first-order chi connectivity index (χ1) is 11.5. The summed E-state index contributed by atoms with van der Waals surface area (Å²) < 4.78 is 25.7. The van der Waals surface area contributed by atoms with E-state index < -0.39 is 18.0 Å². The monoisotopic (exact) mass is 336 g/mol. The molecule has 0 N–H and O–H groups in total. The molecule has 1 aromatic carbocycles. The van der Waals surface area contributed by atoms with Gasteiger partial charge in [-0.25, -0.2) is 9.59 Å². The third kappa shape index (κ3) is 3.86. The zero-order valence-corrected chi connectivity index (χ0v) is 14.1. The van der Waals surface area contributed by atoms with Crippen LogP contribution in [0.25, 0.3) is 11.0 Å². The van der Waals surface area contributed by atoms with E-state index in [2.05, 4.69) is 4.74 Å². The molecule has 0 bridgehead atoms. The van der Waals surface area contributed by atoms with Crippen LogP contribution in [0.2, 0.25) is 0 Å². The molecule has 1 aromatic heterocycles. The molecular formula is C17H20O7. The maximum absolute atomic E-state index is 12.3. The number of hydrogen-bond acceptors (Lipinski definition) is 7. The van der Waals surface area contributed by atoms with E-state index in [4.69, 9.17) is 18.6 Å². The predicted octanol–water partition coefficient (Wildman–Crippen LogP) is 2.48. The number of carbonyl (C=O) groups is 2. The van der Waals surface area contributed by atoms with Gasteiger partial charge in [-0.15, -0.1) is 0 Å². The molecule has 7 nitrogen and oxygen atoms in total. The lowest BCUT2D eigenvalue weighted by atomic mass is 10.1. The molecule has 2 aromatic rings. The molecule has 0 aliphatic heterocycles. The van der Waals surface area contributed by atoms with Crippen molar-refractivity contribution in [3.8, 4) is 5.75 Å². The van der Waals surface area contributed by atoms with Crippen LogP contribution in [0.5, 0.6) is 5.75 Å². The Balaban J connectivity index is 2.28. The van der Waals surface area contributed by atoms with Crippen molar-refractivity contribution in [3.05, 3.63) is 29.5 Å². The molecule has 7 heteroatoms. The molecule has 0 aliphatic carbocycles. The Morgan fingerprint density at radius 2 is 1.96 bits per heavy atom. The molecule has 0 saturated heterocycles. The second-order valence-corrected chi connectivity index (χ2v) is 5.10. The summed E-state index contributed by atoms with van der Waals surface area (Å²) in [5, 5.41) is 0.560. The maximum atomic E-state index is 12.3. The number of esters is 2. The van der Waals surface area contributed by atoms with Gasteiger partial charge in [-0.2, -0.15) is 0 Å².